The van der Waals surface area contributed by atoms with Gasteiger partial charge in [-0.15, -0.1) is 19.8 Å². The predicted molar refractivity (Wildman–Crippen MR) is 163 cm³/mol. The van der Waals surface area contributed by atoms with E-state index < -0.39 is 0 Å². The van der Waals surface area contributed by atoms with Crippen LogP contribution in [0.2, 0.25) is 0 Å². The SMILES string of the molecule is CC(=O)N(C1=CC(=C(c2cc(C=Nn3nnnc3C)ccc2O)c2cc(C=Nn3nnnc3C)ccc2O)CC=C1)C(C)C. The van der Waals surface area contributed by atoms with Crippen LogP contribution in [0.3, 0.4) is 0 Å². The van der Waals surface area contributed by atoms with E-state index in [2.05, 4.69) is 41.3 Å². The van der Waals surface area contributed by atoms with Gasteiger partial charge in [-0.2, -0.15) is 10.2 Å². The van der Waals surface area contributed by atoms with Crippen molar-refractivity contribution in [3.63, 3.8) is 0 Å². The molecule has 0 bridgehead atoms. The summed E-state index contributed by atoms with van der Waals surface area (Å²) in [5.74, 6) is 0.896. The van der Waals surface area contributed by atoms with Crippen LogP contribution in [-0.4, -0.2) is 80.1 Å². The summed E-state index contributed by atoms with van der Waals surface area (Å²) in [5.41, 5.74) is 4.24. The first-order chi connectivity index (χ1) is 21.1. The molecule has 0 saturated carbocycles. The van der Waals surface area contributed by atoms with Crippen LogP contribution in [0.15, 0.2) is 76.1 Å². The molecule has 0 unspecified atom stereocenters. The molecule has 0 radical (unpaired) electrons. The molecule has 5 rings (SSSR count). The maximum absolute atomic E-state index is 12.6. The molecular weight excluding hydrogens is 562 g/mol. The van der Waals surface area contributed by atoms with E-state index in [-0.39, 0.29) is 23.4 Å². The minimum atomic E-state index is -0.100. The van der Waals surface area contributed by atoms with Crippen LogP contribution in [0, 0.1) is 13.8 Å². The number of phenolic OH excluding ortho intramolecular Hbond substituents is 2. The molecule has 1 amide bonds. The van der Waals surface area contributed by atoms with Gasteiger partial charge in [0.2, 0.25) is 5.91 Å². The van der Waals surface area contributed by atoms with E-state index in [1.54, 1.807) is 67.6 Å². The Morgan fingerprint density at radius 2 is 1.43 bits per heavy atom. The molecule has 0 fully saturated rings. The zero-order valence-electron chi connectivity index (χ0n) is 24.9. The fourth-order valence-corrected chi connectivity index (χ4v) is 4.83. The number of carbonyl (C=O) groups is 1. The van der Waals surface area contributed by atoms with Crippen molar-refractivity contribution < 1.29 is 15.0 Å². The maximum atomic E-state index is 12.6. The molecule has 0 spiro atoms. The zero-order valence-corrected chi connectivity index (χ0v) is 24.9. The van der Waals surface area contributed by atoms with Crippen molar-refractivity contribution in [2.75, 3.05) is 0 Å². The standard InChI is InChI=1S/C30H31N11O3/c1-18(2)39(21(5)42)25-8-6-7-24(15-25)30(26-13-22(9-11-28(26)43)16-31-40-19(3)33-35-37-40)27-14-23(10-12-29(27)44)17-32-41-20(4)34-36-38-41/h6,8-18,43-44H,7H2,1-5H3. The van der Waals surface area contributed by atoms with Crippen molar-refractivity contribution in [3.8, 4) is 11.5 Å². The molecule has 0 aliphatic heterocycles. The first-order valence-electron chi connectivity index (χ1n) is 13.8. The molecule has 0 saturated heterocycles. The second-order valence-corrected chi connectivity index (χ2v) is 10.3. The lowest BCUT2D eigenvalue weighted by Crippen LogP contribution is -2.34. The number of benzene rings is 2. The molecular formula is C30H31N11O3. The Balaban J connectivity index is 1.70. The smallest absolute Gasteiger partial charge is 0.224 e. The molecule has 224 valence electrons. The summed E-state index contributed by atoms with van der Waals surface area (Å²) in [6.45, 7) is 8.86. The number of phenols is 2. The summed E-state index contributed by atoms with van der Waals surface area (Å²) in [5, 5.41) is 53.6. The third-order valence-corrected chi connectivity index (χ3v) is 6.82. The maximum Gasteiger partial charge on any atom is 0.224 e. The zero-order chi connectivity index (χ0) is 31.4. The minimum Gasteiger partial charge on any atom is -0.507 e. The van der Waals surface area contributed by atoms with Gasteiger partial charge in [0.25, 0.3) is 0 Å². The largest absolute Gasteiger partial charge is 0.507 e. The molecule has 0 atom stereocenters. The predicted octanol–water partition coefficient (Wildman–Crippen LogP) is 3.35. The Bertz CT molecular complexity index is 1760. The average Bonchev–Trinajstić information content (AvgIpc) is 3.60. The van der Waals surface area contributed by atoms with Gasteiger partial charge in [-0.05, 0) is 126 Å². The Morgan fingerprint density at radius 3 is 1.86 bits per heavy atom. The third-order valence-electron chi connectivity index (χ3n) is 6.82. The normalized spacial score (nSPS) is 13.3. The molecule has 2 aromatic heterocycles. The molecule has 14 nitrogen and oxygen atoms in total. The molecule has 1 aliphatic rings. The number of aromatic nitrogens is 8. The fraction of sp³-hybridized carbons (Fsp3) is 0.233. The molecule has 2 heterocycles. The number of nitrogens with zero attached hydrogens (tertiary/aromatic N) is 11. The van der Waals surface area contributed by atoms with Gasteiger partial charge in [0.1, 0.15) is 11.5 Å². The number of rotatable bonds is 8. The molecule has 2 N–H and O–H groups in total. The van der Waals surface area contributed by atoms with Gasteiger partial charge in [0, 0.05) is 29.8 Å². The van der Waals surface area contributed by atoms with Crippen molar-refractivity contribution >= 4 is 23.9 Å². The van der Waals surface area contributed by atoms with E-state index in [1.807, 2.05) is 32.1 Å². The molecule has 44 heavy (non-hydrogen) atoms. The van der Waals surface area contributed by atoms with Gasteiger partial charge >= 0.3 is 0 Å². The number of allylic oxidation sites excluding steroid dienone is 4. The molecule has 2 aromatic carbocycles. The minimum absolute atomic E-state index is 0.0113. The first-order valence-corrected chi connectivity index (χ1v) is 13.8. The van der Waals surface area contributed by atoms with Crippen molar-refractivity contribution in [2.45, 2.75) is 47.1 Å². The lowest BCUT2D eigenvalue weighted by molar-refractivity contribution is -0.128. The van der Waals surface area contributed by atoms with E-state index in [0.717, 1.165) is 5.57 Å². The summed E-state index contributed by atoms with van der Waals surface area (Å²) in [4.78, 5) is 16.9. The number of aryl methyl sites for hydroxylation is 2. The van der Waals surface area contributed by atoms with E-state index >= 15 is 0 Å². The molecule has 14 heteroatoms. The fourth-order valence-electron chi connectivity index (χ4n) is 4.83. The average molecular weight is 594 g/mol. The first kappa shape index (κ1) is 29.7. The molecule has 1 aliphatic carbocycles. The Morgan fingerprint density at radius 1 is 0.909 bits per heavy atom. The number of tetrazole rings is 2. The van der Waals surface area contributed by atoms with Crippen LogP contribution < -0.4 is 0 Å². The number of hydrogen-bond acceptors (Lipinski definition) is 11. The summed E-state index contributed by atoms with van der Waals surface area (Å²) in [6, 6.07) is 9.99. The van der Waals surface area contributed by atoms with Crippen LogP contribution in [0.25, 0.3) is 5.57 Å². The number of amides is 1. The summed E-state index contributed by atoms with van der Waals surface area (Å²) in [6.07, 6.45) is 9.39. The second kappa shape index (κ2) is 12.6. The van der Waals surface area contributed by atoms with Gasteiger partial charge in [-0.1, -0.05) is 6.08 Å². The van der Waals surface area contributed by atoms with Crippen LogP contribution in [-0.2, 0) is 4.79 Å². The van der Waals surface area contributed by atoms with E-state index in [9.17, 15) is 15.0 Å². The lowest BCUT2D eigenvalue weighted by atomic mass is 9.87. The van der Waals surface area contributed by atoms with Crippen LogP contribution in [0.4, 0.5) is 0 Å². The van der Waals surface area contributed by atoms with E-state index in [1.165, 1.54) is 16.5 Å². The Kier molecular flexibility index (Phi) is 8.51. The number of hydrogen-bond donors (Lipinski definition) is 2. The highest BCUT2D eigenvalue weighted by molar-refractivity contribution is 5.93. The van der Waals surface area contributed by atoms with Gasteiger partial charge in [0.15, 0.2) is 11.6 Å². The number of aromatic hydroxyl groups is 2. The topological polar surface area (TPSA) is 173 Å². The lowest BCUT2D eigenvalue weighted by Gasteiger charge is -2.29. The number of carbonyl (C=O) groups excluding carboxylic acids is 1. The Labute approximate surface area is 253 Å². The second-order valence-electron chi connectivity index (χ2n) is 10.3. The van der Waals surface area contributed by atoms with Gasteiger partial charge < -0.3 is 15.1 Å². The van der Waals surface area contributed by atoms with Crippen molar-refractivity contribution in [3.05, 3.63) is 99.8 Å². The van der Waals surface area contributed by atoms with Crippen LogP contribution in [0.1, 0.15) is 61.1 Å². The monoisotopic (exact) mass is 593 g/mol. The van der Waals surface area contributed by atoms with E-state index in [0.29, 0.717) is 51.6 Å². The van der Waals surface area contributed by atoms with Crippen LogP contribution in [0.5, 0.6) is 11.5 Å². The summed E-state index contributed by atoms with van der Waals surface area (Å²) >= 11 is 0. The summed E-state index contributed by atoms with van der Waals surface area (Å²) in [7, 11) is 0. The molecule has 4 aromatic rings. The summed E-state index contributed by atoms with van der Waals surface area (Å²) < 4.78 is 0. The van der Waals surface area contributed by atoms with Crippen molar-refractivity contribution in [2.24, 2.45) is 10.2 Å². The quantitative estimate of drug-likeness (QED) is 0.291. The van der Waals surface area contributed by atoms with Crippen molar-refractivity contribution in [1.29, 1.82) is 0 Å². The van der Waals surface area contributed by atoms with E-state index in [4.69, 9.17) is 0 Å². The highest BCUT2D eigenvalue weighted by Gasteiger charge is 2.23. The van der Waals surface area contributed by atoms with Crippen LogP contribution >= 0.6 is 0 Å². The Hall–Kier alpha value is -5.79. The van der Waals surface area contributed by atoms with Gasteiger partial charge in [0.05, 0.1) is 12.4 Å². The van der Waals surface area contributed by atoms with Crippen molar-refractivity contribution in [1.82, 2.24) is 45.5 Å². The van der Waals surface area contributed by atoms with Gasteiger partial charge in [-0.3, -0.25) is 4.79 Å². The highest BCUT2D eigenvalue weighted by Crippen LogP contribution is 2.40. The third kappa shape index (κ3) is 6.33. The van der Waals surface area contributed by atoms with Gasteiger partial charge in [-0.25, -0.2) is 0 Å². The highest BCUT2D eigenvalue weighted by atomic mass is 16.3.